The van der Waals surface area contributed by atoms with Crippen molar-refractivity contribution in [2.75, 3.05) is 17.3 Å². The number of hydrogen-bond donors (Lipinski definition) is 1. The van der Waals surface area contributed by atoms with Crippen LogP contribution in [0.25, 0.3) is 0 Å². The monoisotopic (exact) mass is 328 g/mol. The van der Waals surface area contributed by atoms with E-state index in [9.17, 15) is 0 Å². The molecule has 102 valence electrons. The largest absolute Gasteiger partial charge is 0.364 e. The predicted molar refractivity (Wildman–Crippen MR) is 87.5 cm³/mol. The maximum atomic E-state index is 3.73. The third kappa shape index (κ3) is 1.50. The fourth-order valence-electron chi connectivity index (χ4n) is 3.79. The van der Waals surface area contributed by atoms with E-state index in [2.05, 4.69) is 82.6 Å². The van der Waals surface area contributed by atoms with Gasteiger partial charge in [-0.25, -0.2) is 0 Å². The van der Waals surface area contributed by atoms with E-state index in [-0.39, 0.29) is 5.41 Å². The van der Waals surface area contributed by atoms with Crippen molar-refractivity contribution in [1.82, 2.24) is 0 Å². The molecule has 2 nitrogen and oxygen atoms in total. The Morgan fingerprint density at radius 3 is 2.90 bits per heavy atom. The summed E-state index contributed by atoms with van der Waals surface area (Å²) in [6.45, 7) is 2.37. The Morgan fingerprint density at radius 2 is 2.05 bits per heavy atom. The molecule has 2 atom stereocenters. The number of rotatable bonds is 0. The molecule has 0 radical (unpaired) electrons. The standard InChI is InChI=1S/C17H17BrN2/c1-17-10-11-5-3-4-6-14(11)19-16(17)20(2)15-8-7-12(18)9-13(15)17/h3-9,16,19H,10H2,1-2H3/t16-,17+/m1/s1. The summed E-state index contributed by atoms with van der Waals surface area (Å²) in [6, 6.07) is 15.3. The number of likely N-dealkylation sites (N-methyl/N-ethyl adjacent to an activating group) is 1. The summed E-state index contributed by atoms with van der Waals surface area (Å²) >= 11 is 3.62. The molecular formula is C17H17BrN2. The van der Waals surface area contributed by atoms with Crippen LogP contribution in [0, 0.1) is 0 Å². The van der Waals surface area contributed by atoms with Gasteiger partial charge in [0.2, 0.25) is 0 Å². The highest BCUT2D eigenvalue weighted by Crippen LogP contribution is 2.50. The summed E-state index contributed by atoms with van der Waals surface area (Å²) in [6.07, 6.45) is 1.40. The quantitative estimate of drug-likeness (QED) is 0.781. The Balaban J connectivity index is 1.90. The number of hydrogen-bond acceptors (Lipinski definition) is 2. The third-order valence-corrected chi connectivity index (χ3v) is 5.31. The number of nitrogens with one attached hydrogen (secondary N) is 1. The second-order valence-electron chi connectivity index (χ2n) is 6.07. The van der Waals surface area contributed by atoms with E-state index in [0.717, 1.165) is 10.9 Å². The Hall–Kier alpha value is -1.48. The zero-order valence-corrected chi connectivity index (χ0v) is 13.2. The summed E-state index contributed by atoms with van der Waals surface area (Å²) in [7, 11) is 2.18. The second kappa shape index (κ2) is 4.01. The highest BCUT2D eigenvalue weighted by atomic mass is 79.9. The number of halogens is 1. The maximum Gasteiger partial charge on any atom is 0.109 e. The first kappa shape index (κ1) is 12.3. The molecule has 2 aliphatic heterocycles. The Kier molecular flexibility index (Phi) is 2.46. The van der Waals surface area contributed by atoms with Crippen molar-refractivity contribution in [2.45, 2.75) is 24.9 Å². The first-order chi connectivity index (χ1) is 9.59. The van der Waals surface area contributed by atoms with E-state index >= 15 is 0 Å². The summed E-state index contributed by atoms with van der Waals surface area (Å²) in [4.78, 5) is 2.37. The second-order valence-corrected chi connectivity index (χ2v) is 6.99. The van der Waals surface area contributed by atoms with Crippen LogP contribution in [-0.2, 0) is 11.8 Å². The summed E-state index contributed by atoms with van der Waals surface area (Å²) in [5, 5.41) is 3.73. The van der Waals surface area contributed by atoms with Gasteiger partial charge in [0.1, 0.15) is 6.17 Å². The third-order valence-electron chi connectivity index (χ3n) is 4.81. The molecule has 0 spiro atoms. The number of nitrogens with zero attached hydrogens (tertiary/aromatic N) is 1. The summed E-state index contributed by atoms with van der Waals surface area (Å²) in [5.74, 6) is 0. The Bertz CT molecular complexity index is 697. The lowest BCUT2D eigenvalue weighted by molar-refractivity contribution is 0.405. The van der Waals surface area contributed by atoms with E-state index in [4.69, 9.17) is 0 Å². The van der Waals surface area contributed by atoms with Crippen LogP contribution in [0.3, 0.4) is 0 Å². The van der Waals surface area contributed by atoms with Crippen LogP contribution < -0.4 is 10.2 Å². The van der Waals surface area contributed by atoms with Crippen molar-refractivity contribution < 1.29 is 0 Å². The lowest BCUT2D eigenvalue weighted by atomic mass is 9.74. The van der Waals surface area contributed by atoms with Crippen molar-refractivity contribution in [3.8, 4) is 0 Å². The van der Waals surface area contributed by atoms with Crippen LogP contribution in [0.15, 0.2) is 46.9 Å². The first-order valence-corrected chi connectivity index (χ1v) is 7.76. The van der Waals surface area contributed by atoms with Crippen molar-refractivity contribution in [3.63, 3.8) is 0 Å². The van der Waals surface area contributed by atoms with Crippen LogP contribution in [0.4, 0.5) is 11.4 Å². The van der Waals surface area contributed by atoms with E-state index < -0.39 is 0 Å². The number of benzene rings is 2. The molecule has 0 aromatic heterocycles. The SMILES string of the molecule is CN1c2ccc(Br)cc2[C@]2(C)Cc3ccccc3N[C@H]12. The van der Waals surface area contributed by atoms with Gasteiger partial charge in [0.15, 0.2) is 0 Å². The van der Waals surface area contributed by atoms with Gasteiger partial charge in [-0.15, -0.1) is 0 Å². The molecule has 0 amide bonds. The molecular weight excluding hydrogens is 312 g/mol. The molecule has 2 heterocycles. The average molecular weight is 329 g/mol. The predicted octanol–water partition coefficient (Wildman–Crippen LogP) is 4.15. The normalized spacial score (nSPS) is 26.6. The number of fused-ring (bicyclic) bond motifs is 4. The van der Waals surface area contributed by atoms with Gasteiger partial charge in [0.25, 0.3) is 0 Å². The zero-order chi connectivity index (χ0) is 13.9. The van der Waals surface area contributed by atoms with Gasteiger partial charge < -0.3 is 10.2 Å². The van der Waals surface area contributed by atoms with E-state index in [1.165, 1.54) is 22.5 Å². The Morgan fingerprint density at radius 1 is 1.25 bits per heavy atom. The van der Waals surface area contributed by atoms with Crippen LogP contribution >= 0.6 is 15.9 Å². The summed E-state index contributed by atoms with van der Waals surface area (Å²) < 4.78 is 1.16. The van der Waals surface area contributed by atoms with Gasteiger partial charge in [-0.3, -0.25) is 0 Å². The molecule has 0 bridgehead atoms. The lowest BCUT2D eigenvalue weighted by Gasteiger charge is -2.41. The van der Waals surface area contributed by atoms with Crippen LogP contribution in [-0.4, -0.2) is 13.2 Å². The molecule has 0 unspecified atom stereocenters. The molecule has 3 heteroatoms. The van der Waals surface area contributed by atoms with Gasteiger partial charge in [0, 0.05) is 28.3 Å². The van der Waals surface area contributed by atoms with Crippen molar-refractivity contribution in [2.24, 2.45) is 0 Å². The molecule has 20 heavy (non-hydrogen) atoms. The molecule has 4 rings (SSSR count). The van der Waals surface area contributed by atoms with Crippen LogP contribution in [0.1, 0.15) is 18.1 Å². The molecule has 2 aromatic carbocycles. The van der Waals surface area contributed by atoms with Gasteiger partial charge in [-0.2, -0.15) is 0 Å². The fourth-order valence-corrected chi connectivity index (χ4v) is 4.15. The molecule has 2 aromatic rings. The first-order valence-electron chi connectivity index (χ1n) is 6.97. The van der Waals surface area contributed by atoms with Crippen molar-refractivity contribution >= 4 is 27.3 Å². The van der Waals surface area contributed by atoms with Crippen LogP contribution in [0.2, 0.25) is 0 Å². The van der Waals surface area contributed by atoms with Gasteiger partial charge >= 0.3 is 0 Å². The van der Waals surface area contributed by atoms with E-state index in [0.29, 0.717) is 6.17 Å². The highest BCUT2D eigenvalue weighted by Gasteiger charge is 2.49. The Labute approximate surface area is 127 Å². The zero-order valence-electron chi connectivity index (χ0n) is 11.7. The summed E-state index contributed by atoms with van der Waals surface area (Å²) in [5.41, 5.74) is 5.56. The molecule has 2 aliphatic rings. The smallest absolute Gasteiger partial charge is 0.109 e. The fraction of sp³-hybridized carbons (Fsp3) is 0.294. The minimum absolute atomic E-state index is 0.113. The molecule has 0 fully saturated rings. The minimum atomic E-state index is 0.113. The van der Waals surface area contributed by atoms with Gasteiger partial charge in [0.05, 0.1) is 0 Å². The van der Waals surface area contributed by atoms with Crippen LogP contribution in [0.5, 0.6) is 0 Å². The number of para-hydroxylation sites is 1. The number of anilines is 2. The highest BCUT2D eigenvalue weighted by molar-refractivity contribution is 9.10. The minimum Gasteiger partial charge on any atom is -0.364 e. The van der Waals surface area contributed by atoms with Gasteiger partial charge in [-0.05, 0) is 41.8 Å². The molecule has 1 N–H and O–H groups in total. The van der Waals surface area contributed by atoms with Gasteiger partial charge in [-0.1, -0.05) is 41.1 Å². The lowest BCUT2D eigenvalue weighted by Crippen LogP contribution is -2.50. The van der Waals surface area contributed by atoms with E-state index in [1.54, 1.807) is 0 Å². The average Bonchev–Trinajstić information content (AvgIpc) is 2.65. The molecule has 0 aliphatic carbocycles. The molecule has 0 saturated carbocycles. The maximum absolute atomic E-state index is 3.73. The topological polar surface area (TPSA) is 15.3 Å². The molecule has 0 saturated heterocycles. The van der Waals surface area contributed by atoms with Crippen molar-refractivity contribution in [1.29, 1.82) is 0 Å². The van der Waals surface area contributed by atoms with E-state index in [1.807, 2.05) is 0 Å². The van der Waals surface area contributed by atoms with Crippen molar-refractivity contribution in [3.05, 3.63) is 58.1 Å².